The van der Waals surface area contributed by atoms with Crippen molar-refractivity contribution >= 4 is 14.2 Å². The number of hydrogen-bond acceptors (Lipinski definition) is 3. The Bertz CT molecular complexity index is 929. The monoisotopic (exact) mass is 534 g/mol. The maximum atomic E-state index is 11.3. The molecule has 0 radical (unpaired) electrons. The van der Waals surface area contributed by atoms with E-state index in [0.717, 1.165) is 50.3 Å². The van der Waals surface area contributed by atoms with Crippen molar-refractivity contribution in [3.8, 4) is 0 Å². The number of rotatable bonds is 17. The van der Waals surface area contributed by atoms with Gasteiger partial charge >= 0.3 is 232 Å². The fourth-order valence-corrected chi connectivity index (χ4v) is 13.7. The second-order valence-corrected chi connectivity index (χ2v) is 16.5. The van der Waals surface area contributed by atoms with Gasteiger partial charge in [-0.1, -0.05) is 0 Å². The molecule has 1 N–H and O–H groups in total. The summed E-state index contributed by atoms with van der Waals surface area (Å²) in [7, 11) is -1.20. The van der Waals surface area contributed by atoms with E-state index in [1.807, 2.05) is 0 Å². The molecule has 0 amide bonds. The van der Waals surface area contributed by atoms with Crippen LogP contribution >= 0.6 is 6.83 Å². The molecule has 3 nitrogen and oxygen atoms in total. The SMILES string of the molecule is CCCP(CCC)(CCC)(CCC)OB(O)OCCC(c1ccccc1)(c1ccccc1)c1ccccc1. The Morgan fingerprint density at radius 2 is 0.947 bits per heavy atom. The van der Waals surface area contributed by atoms with Crippen molar-refractivity contribution < 1.29 is 14.1 Å². The van der Waals surface area contributed by atoms with Crippen molar-refractivity contribution in [1.82, 2.24) is 0 Å². The molecule has 0 heterocycles. The second-order valence-electron chi connectivity index (χ2n) is 10.8. The third kappa shape index (κ3) is 6.96. The van der Waals surface area contributed by atoms with Gasteiger partial charge in [0.25, 0.3) is 0 Å². The van der Waals surface area contributed by atoms with Crippen molar-refractivity contribution in [2.24, 2.45) is 0 Å². The molecule has 3 aromatic rings. The van der Waals surface area contributed by atoms with E-state index < -0.39 is 19.6 Å². The van der Waals surface area contributed by atoms with Gasteiger partial charge < -0.3 is 0 Å². The van der Waals surface area contributed by atoms with Gasteiger partial charge in [0, 0.05) is 0 Å². The third-order valence-electron chi connectivity index (χ3n) is 8.08. The van der Waals surface area contributed by atoms with Crippen LogP contribution in [0, 0.1) is 0 Å². The van der Waals surface area contributed by atoms with E-state index >= 15 is 0 Å². The predicted octanol–water partition coefficient (Wildman–Crippen LogP) is 8.53. The summed E-state index contributed by atoms with van der Waals surface area (Å²) < 4.78 is 13.0. The van der Waals surface area contributed by atoms with E-state index in [9.17, 15) is 5.02 Å². The first-order valence-electron chi connectivity index (χ1n) is 14.6. The Kier molecular flexibility index (Phi) is 11.6. The van der Waals surface area contributed by atoms with Crippen molar-refractivity contribution in [1.29, 1.82) is 0 Å². The van der Waals surface area contributed by atoms with Crippen LogP contribution in [-0.2, 0) is 14.5 Å². The van der Waals surface area contributed by atoms with Crippen LogP contribution in [0.25, 0.3) is 0 Å². The molecule has 0 spiro atoms. The average Bonchev–Trinajstić information content (AvgIpc) is 2.93. The first-order chi connectivity index (χ1) is 18.5. The Morgan fingerprint density at radius 1 is 0.605 bits per heavy atom. The molecule has 0 atom stereocenters. The molecule has 0 bridgehead atoms. The van der Waals surface area contributed by atoms with Gasteiger partial charge in [-0.25, -0.2) is 0 Å². The zero-order chi connectivity index (χ0) is 27.3. The van der Waals surface area contributed by atoms with Gasteiger partial charge in [0.2, 0.25) is 0 Å². The maximum absolute atomic E-state index is 11.3. The van der Waals surface area contributed by atoms with Crippen LogP contribution in [0.1, 0.15) is 76.5 Å². The van der Waals surface area contributed by atoms with Crippen LogP contribution < -0.4 is 0 Å². The molecule has 0 unspecified atom stereocenters. The van der Waals surface area contributed by atoms with Crippen LogP contribution in [0.5, 0.6) is 0 Å². The Morgan fingerprint density at radius 3 is 1.26 bits per heavy atom. The molecule has 0 saturated carbocycles. The van der Waals surface area contributed by atoms with Gasteiger partial charge in [0.15, 0.2) is 0 Å². The minimum absolute atomic E-state index is 0.378. The molecule has 3 aromatic carbocycles. The molecule has 0 aliphatic rings. The Labute approximate surface area is 232 Å². The molecule has 0 aliphatic carbocycles. The van der Waals surface area contributed by atoms with E-state index in [1.54, 1.807) is 0 Å². The summed E-state index contributed by atoms with van der Waals surface area (Å²) in [4.78, 5) is 0. The number of benzene rings is 3. The van der Waals surface area contributed by atoms with Crippen LogP contribution in [-0.4, -0.2) is 43.6 Å². The average molecular weight is 535 g/mol. The van der Waals surface area contributed by atoms with E-state index in [0.29, 0.717) is 13.0 Å². The fourth-order valence-electron chi connectivity index (χ4n) is 6.84. The fraction of sp³-hybridized carbons (Fsp3) is 0.455. The predicted molar refractivity (Wildman–Crippen MR) is 166 cm³/mol. The van der Waals surface area contributed by atoms with Crippen LogP contribution in [0.3, 0.4) is 0 Å². The molecule has 3 rings (SSSR count). The summed E-state index contributed by atoms with van der Waals surface area (Å²) in [6.45, 7) is 6.78. The van der Waals surface area contributed by atoms with Gasteiger partial charge in [-0.2, -0.15) is 0 Å². The van der Waals surface area contributed by atoms with Crippen LogP contribution in [0.15, 0.2) is 91.0 Å². The van der Waals surface area contributed by atoms with E-state index in [2.05, 4.69) is 119 Å². The number of hydrogen-bond donors (Lipinski definition) is 1. The molecule has 38 heavy (non-hydrogen) atoms. The standard InChI is InChI=1S/C33H48BO3P/c1-5-26-38(27-6-2,28-7-3,29-8-4)37-34(35)36-25-24-33(30-18-12-9-13-19-30,31-20-14-10-15-21-31)32-22-16-11-17-23-32/h9-23,35H,5-8,24-29H2,1-4H3. The third-order valence-corrected chi connectivity index (χ3v) is 15.2. The van der Waals surface area contributed by atoms with Crippen molar-refractivity contribution in [2.75, 3.05) is 31.3 Å². The van der Waals surface area contributed by atoms with Crippen LogP contribution in [0.2, 0.25) is 0 Å². The summed E-state index contributed by atoms with van der Waals surface area (Å²) in [6, 6.07) is 32.0. The van der Waals surface area contributed by atoms with E-state index in [1.165, 1.54) is 16.7 Å². The molecular formula is C33H48BO3P. The quantitative estimate of drug-likeness (QED) is 0.107. The minimum atomic E-state index is -2.57. The molecule has 0 aliphatic heterocycles. The normalized spacial score (nSPS) is 13.1. The van der Waals surface area contributed by atoms with E-state index in [4.69, 9.17) is 9.10 Å². The van der Waals surface area contributed by atoms with E-state index in [-0.39, 0.29) is 0 Å². The molecule has 5 heteroatoms. The Hall–Kier alpha value is -1.97. The molecular weight excluding hydrogens is 486 g/mol. The summed E-state index contributed by atoms with van der Waals surface area (Å²) >= 11 is 0. The first-order valence-corrected chi connectivity index (χ1v) is 17.5. The molecule has 0 fully saturated rings. The van der Waals surface area contributed by atoms with Crippen LogP contribution in [0.4, 0.5) is 0 Å². The molecule has 206 valence electrons. The summed E-state index contributed by atoms with van der Waals surface area (Å²) in [5.41, 5.74) is 3.23. The molecule has 0 aromatic heterocycles. The van der Waals surface area contributed by atoms with Crippen molar-refractivity contribution in [3.63, 3.8) is 0 Å². The van der Waals surface area contributed by atoms with Gasteiger partial charge in [-0.15, -0.1) is 0 Å². The second kappa shape index (κ2) is 14.4. The molecule has 0 saturated heterocycles. The van der Waals surface area contributed by atoms with Gasteiger partial charge in [-0.05, 0) is 0 Å². The Balaban J connectivity index is 1.93. The van der Waals surface area contributed by atoms with Gasteiger partial charge in [0.1, 0.15) is 0 Å². The zero-order valence-electron chi connectivity index (χ0n) is 24.0. The van der Waals surface area contributed by atoms with Gasteiger partial charge in [0.05, 0.1) is 0 Å². The van der Waals surface area contributed by atoms with Crippen molar-refractivity contribution in [2.45, 2.75) is 65.2 Å². The summed E-state index contributed by atoms with van der Waals surface area (Å²) in [5, 5.41) is 11.3. The first kappa shape index (κ1) is 30.6. The van der Waals surface area contributed by atoms with Crippen molar-refractivity contribution in [3.05, 3.63) is 108 Å². The summed E-state index contributed by atoms with van der Waals surface area (Å²) in [5.74, 6) is 0. The van der Waals surface area contributed by atoms with Gasteiger partial charge in [-0.3, -0.25) is 0 Å². The topological polar surface area (TPSA) is 38.7 Å². The zero-order valence-corrected chi connectivity index (χ0v) is 24.9. The summed E-state index contributed by atoms with van der Waals surface area (Å²) in [6.07, 6.45) is 9.21.